The molecule has 5 N–H and O–H groups in total. The molecular weight excluding hydrogens is 883 g/mol. The number of cyclic esters (lactones) is 1. The standard InChI is InChI=1S/C37H67NO13.C14H10O3/c1-14-25-37(10,45)30(41)20(4)27(39)18(2)16-35(8,44)32(51-34-28(40)24(38(11)12)15-19(3)47-34)21(5)29(22(6)33(43)49-25)50-26-17-36(9,46-13)31(42)23(7)48-26;15-13(11-7-3-1-4-8-11)17-14(16)12-9-5-2-6-10-12/h18-26,28-32,34,40-42,44-45H,14-17H2,1-13H3;1-10H/t18-,19-,20+,21+,22-,23+,24+,25-,26+,28-,29+,30-,31+,32-,34+,35-,36-,37-;/m1./s1. The fourth-order valence-corrected chi connectivity index (χ4v) is 9.76. The second-order valence-corrected chi connectivity index (χ2v) is 19.9. The quantitative estimate of drug-likeness (QED) is 0.172. The van der Waals surface area contributed by atoms with E-state index in [1.807, 2.05) is 25.9 Å². The Hall–Kier alpha value is -3.72. The van der Waals surface area contributed by atoms with Gasteiger partial charge in [-0.3, -0.25) is 9.59 Å². The maximum atomic E-state index is 14.1. The van der Waals surface area contributed by atoms with Crippen LogP contribution in [0.5, 0.6) is 0 Å². The number of ether oxygens (including phenoxy) is 7. The maximum absolute atomic E-state index is 14.1. The number of ketones is 1. The van der Waals surface area contributed by atoms with E-state index < -0.39 is 119 Å². The molecule has 2 aromatic carbocycles. The van der Waals surface area contributed by atoms with Crippen molar-refractivity contribution in [2.45, 2.75) is 179 Å². The largest absolute Gasteiger partial charge is 0.459 e. The summed E-state index contributed by atoms with van der Waals surface area (Å²) in [5, 5.41) is 57.6. The van der Waals surface area contributed by atoms with Crippen LogP contribution in [0.1, 0.15) is 116 Å². The number of methoxy groups -OCH3 is 1. The Morgan fingerprint density at radius 2 is 1.32 bits per heavy atom. The van der Waals surface area contributed by atoms with Gasteiger partial charge >= 0.3 is 17.9 Å². The van der Waals surface area contributed by atoms with E-state index in [1.165, 1.54) is 27.9 Å². The normalized spacial score (nSPS) is 39.7. The maximum Gasteiger partial charge on any atom is 0.346 e. The molecule has 68 heavy (non-hydrogen) atoms. The number of aliphatic hydroxyl groups excluding tert-OH is 3. The highest BCUT2D eigenvalue weighted by molar-refractivity contribution is 6.02. The van der Waals surface area contributed by atoms with Gasteiger partial charge in [-0.05, 0) is 99.2 Å². The molecule has 17 nitrogen and oxygen atoms in total. The van der Waals surface area contributed by atoms with Crippen LogP contribution in [0.3, 0.4) is 0 Å². The summed E-state index contributed by atoms with van der Waals surface area (Å²) in [5.41, 5.74) is -4.12. The third kappa shape index (κ3) is 13.6. The number of aliphatic hydroxyl groups is 5. The van der Waals surface area contributed by atoms with Crippen molar-refractivity contribution in [3.8, 4) is 0 Å². The molecule has 17 heteroatoms. The molecule has 2 aromatic rings. The molecule has 3 aliphatic heterocycles. The van der Waals surface area contributed by atoms with Gasteiger partial charge in [-0.1, -0.05) is 64.1 Å². The zero-order valence-electron chi connectivity index (χ0n) is 41.9. The Morgan fingerprint density at radius 1 is 0.779 bits per heavy atom. The molecule has 18 atom stereocenters. The molecule has 0 saturated carbocycles. The average molecular weight is 960 g/mol. The molecule has 0 radical (unpaired) electrons. The molecule has 0 aromatic heterocycles. The van der Waals surface area contributed by atoms with E-state index in [4.69, 9.17) is 33.2 Å². The van der Waals surface area contributed by atoms with Crippen molar-refractivity contribution >= 4 is 23.7 Å². The van der Waals surface area contributed by atoms with Crippen LogP contribution in [-0.2, 0) is 42.7 Å². The van der Waals surface area contributed by atoms with Gasteiger partial charge in [0.2, 0.25) is 0 Å². The molecule has 5 rings (SSSR count). The lowest BCUT2D eigenvalue weighted by atomic mass is 9.74. The predicted molar refractivity (Wildman–Crippen MR) is 249 cm³/mol. The Morgan fingerprint density at radius 3 is 1.82 bits per heavy atom. The minimum Gasteiger partial charge on any atom is -0.459 e. The lowest BCUT2D eigenvalue weighted by Gasteiger charge is -2.49. The molecule has 3 saturated heterocycles. The van der Waals surface area contributed by atoms with Crippen molar-refractivity contribution in [2.75, 3.05) is 21.2 Å². The number of carbonyl (C=O) groups is 4. The Kier molecular flexibility index (Phi) is 20.0. The number of carbonyl (C=O) groups excluding carboxylic acids is 4. The van der Waals surface area contributed by atoms with E-state index in [-0.39, 0.29) is 31.4 Å². The topological polar surface area (TPSA) is 237 Å². The molecule has 0 amide bonds. The summed E-state index contributed by atoms with van der Waals surface area (Å²) in [6.07, 6.45) is -9.71. The van der Waals surface area contributed by atoms with Crippen molar-refractivity contribution in [3.63, 3.8) is 0 Å². The van der Waals surface area contributed by atoms with Crippen LogP contribution in [0.2, 0.25) is 0 Å². The summed E-state index contributed by atoms with van der Waals surface area (Å²) in [7, 11) is 5.18. The highest BCUT2D eigenvalue weighted by Crippen LogP contribution is 2.41. The van der Waals surface area contributed by atoms with Gasteiger partial charge in [0, 0.05) is 37.3 Å². The predicted octanol–water partition coefficient (Wildman–Crippen LogP) is 4.47. The van der Waals surface area contributed by atoms with E-state index in [0.717, 1.165) is 0 Å². The van der Waals surface area contributed by atoms with Crippen LogP contribution in [0.4, 0.5) is 0 Å². The summed E-state index contributed by atoms with van der Waals surface area (Å²) in [5.74, 6) is -6.26. The summed E-state index contributed by atoms with van der Waals surface area (Å²) in [6, 6.07) is 16.5. The molecule has 0 aliphatic carbocycles. The number of rotatable bonds is 9. The molecule has 3 fully saturated rings. The number of likely N-dealkylation sites (N-methyl/N-ethyl adjacent to an activating group) is 1. The Bertz CT molecular complexity index is 1900. The van der Waals surface area contributed by atoms with Crippen LogP contribution in [-0.4, -0.2) is 160 Å². The molecular formula is C51H77NO16. The average Bonchev–Trinajstić information content (AvgIpc) is 3.30. The fourth-order valence-electron chi connectivity index (χ4n) is 9.76. The second-order valence-electron chi connectivity index (χ2n) is 19.9. The second kappa shape index (κ2) is 23.9. The van der Waals surface area contributed by atoms with Crippen molar-refractivity contribution in [1.82, 2.24) is 4.90 Å². The van der Waals surface area contributed by atoms with Crippen LogP contribution in [0.25, 0.3) is 0 Å². The lowest BCUT2D eigenvalue weighted by Crippen LogP contribution is -2.61. The van der Waals surface area contributed by atoms with E-state index >= 15 is 0 Å². The summed E-state index contributed by atoms with van der Waals surface area (Å²) >= 11 is 0. The van der Waals surface area contributed by atoms with Crippen molar-refractivity contribution in [3.05, 3.63) is 71.8 Å². The molecule has 0 unspecified atom stereocenters. The number of benzene rings is 2. The van der Waals surface area contributed by atoms with E-state index in [9.17, 15) is 44.7 Å². The molecule has 382 valence electrons. The van der Waals surface area contributed by atoms with Gasteiger partial charge in [0.1, 0.15) is 29.7 Å². The van der Waals surface area contributed by atoms with Crippen molar-refractivity contribution in [1.29, 1.82) is 0 Å². The first-order chi connectivity index (χ1) is 31.7. The lowest BCUT2D eigenvalue weighted by molar-refractivity contribution is -0.318. The van der Waals surface area contributed by atoms with E-state index in [0.29, 0.717) is 17.5 Å². The van der Waals surface area contributed by atoms with Gasteiger partial charge in [-0.15, -0.1) is 0 Å². The number of nitrogens with zero attached hydrogens (tertiary/aromatic N) is 1. The molecule has 3 aliphatic rings. The SMILES string of the molecule is CC[C@H]1OC(=O)[C@H](C)[C@@H](O[C@H]2C[C@@](C)(OC)[C@@H](O)[C@H](C)O2)[C@H](C)[C@@H](O[C@@H]2O[C@H](C)C[C@H](N(C)C)[C@H]2O)[C@](C)(O)C[C@@H](C)C(=O)[C@H](C)[C@@H](O)[C@]1(C)O.O=C(OC(=O)c1ccccc1)c1ccccc1. The van der Waals surface area contributed by atoms with Gasteiger partial charge in [0.05, 0.1) is 58.8 Å². The number of hydrogen-bond acceptors (Lipinski definition) is 17. The van der Waals surface area contributed by atoms with Gasteiger partial charge in [0.15, 0.2) is 12.6 Å². The first-order valence-electron chi connectivity index (χ1n) is 23.6. The zero-order valence-corrected chi connectivity index (χ0v) is 41.9. The molecule has 0 bridgehead atoms. The fraction of sp³-hybridized carbons (Fsp3) is 0.686. The summed E-state index contributed by atoms with van der Waals surface area (Å²) in [6.45, 7) is 16.3. The van der Waals surface area contributed by atoms with E-state index in [2.05, 4.69) is 0 Å². The Balaban J connectivity index is 0.000000493. The highest BCUT2D eigenvalue weighted by Gasteiger charge is 2.53. The summed E-state index contributed by atoms with van der Waals surface area (Å²) < 4.78 is 41.8. The molecule has 0 spiro atoms. The number of esters is 3. The molecule has 3 heterocycles. The highest BCUT2D eigenvalue weighted by atomic mass is 16.7. The van der Waals surface area contributed by atoms with Crippen LogP contribution < -0.4 is 0 Å². The first kappa shape index (κ1) is 56.9. The third-order valence-electron chi connectivity index (χ3n) is 14.0. The Labute approximate surface area is 401 Å². The monoisotopic (exact) mass is 960 g/mol. The number of Topliss-reactive ketones (excluding diaryl/α,β-unsaturated/α-hetero) is 1. The van der Waals surface area contributed by atoms with Gasteiger partial charge in [-0.25, -0.2) is 9.59 Å². The summed E-state index contributed by atoms with van der Waals surface area (Å²) in [4.78, 5) is 52.9. The van der Waals surface area contributed by atoms with E-state index in [1.54, 1.807) is 102 Å². The van der Waals surface area contributed by atoms with Crippen molar-refractivity contribution in [2.24, 2.45) is 23.7 Å². The van der Waals surface area contributed by atoms with Crippen LogP contribution in [0.15, 0.2) is 60.7 Å². The number of hydrogen-bond donors (Lipinski definition) is 5. The minimum absolute atomic E-state index is 0.0936. The van der Waals surface area contributed by atoms with Gasteiger partial charge < -0.3 is 63.6 Å². The van der Waals surface area contributed by atoms with Crippen molar-refractivity contribution < 1.29 is 77.9 Å². The zero-order chi connectivity index (χ0) is 51.1. The first-order valence-corrected chi connectivity index (χ1v) is 23.6. The third-order valence-corrected chi connectivity index (χ3v) is 14.0. The minimum atomic E-state index is -1.99. The van der Waals surface area contributed by atoms with Crippen LogP contribution >= 0.6 is 0 Å². The van der Waals surface area contributed by atoms with Crippen LogP contribution in [0, 0.1) is 23.7 Å². The van der Waals surface area contributed by atoms with Gasteiger partial charge in [0.25, 0.3) is 0 Å². The van der Waals surface area contributed by atoms with Gasteiger partial charge in [-0.2, -0.15) is 0 Å². The smallest absolute Gasteiger partial charge is 0.346 e.